The van der Waals surface area contributed by atoms with Crippen LogP contribution >= 0.6 is 0 Å². The van der Waals surface area contributed by atoms with Crippen LogP contribution in [0.15, 0.2) is 42.6 Å². The molecule has 3 rings (SSSR count). The van der Waals surface area contributed by atoms with Gasteiger partial charge in [0, 0.05) is 13.2 Å². The van der Waals surface area contributed by atoms with E-state index in [9.17, 15) is 4.79 Å². The summed E-state index contributed by atoms with van der Waals surface area (Å²) in [6.07, 6.45) is 1.71. The second kappa shape index (κ2) is 3.59. The van der Waals surface area contributed by atoms with Crippen molar-refractivity contribution in [2.24, 2.45) is 0 Å². The largest absolute Gasteiger partial charge is 0.338 e. The average Bonchev–Trinajstić information content (AvgIpc) is 2.48. The third kappa shape index (κ3) is 1.45. The Hall–Kier alpha value is -2.36. The standard InChI is InChI=1S/C13H11N3O/c1-16-11-7-4-8-14-12(11)15-10-6-3-2-5-9(10)13(16)17/h2-8H,1H3,(H,14,15). The lowest BCUT2D eigenvalue weighted by Gasteiger charge is -2.15. The van der Waals surface area contributed by atoms with E-state index in [2.05, 4.69) is 10.3 Å². The minimum absolute atomic E-state index is 0.0279. The average molecular weight is 225 g/mol. The van der Waals surface area contributed by atoms with Crippen LogP contribution in [-0.4, -0.2) is 17.9 Å². The Morgan fingerprint density at radius 2 is 2.00 bits per heavy atom. The van der Waals surface area contributed by atoms with Crippen LogP contribution < -0.4 is 10.2 Å². The molecule has 1 aromatic carbocycles. The predicted molar refractivity (Wildman–Crippen MR) is 66.7 cm³/mol. The van der Waals surface area contributed by atoms with Gasteiger partial charge < -0.3 is 10.2 Å². The molecular formula is C13H11N3O. The number of hydrogen-bond donors (Lipinski definition) is 1. The molecule has 0 aliphatic carbocycles. The van der Waals surface area contributed by atoms with Crippen molar-refractivity contribution < 1.29 is 4.79 Å². The molecule has 0 atom stereocenters. The summed E-state index contributed by atoms with van der Waals surface area (Å²) >= 11 is 0. The van der Waals surface area contributed by atoms with Crippen molar-refractivity contribution in [3.8, 4) is 0 Å². The number of amides is 1. The molecule has 4 heteroatoms. The fourth-order valence-electron chi connectivity index (χ4n) is 1.96. The molecule has 1 aliphatic rings. The van der Waals surface area contributed by atoms with Crippen LogP contribution in [0.2, 0.25) is 0 Å². The molecule has 0 spiro atoms. The van der Waals surface area contributed by atoms with Crippen LogP contribution in [-0.2, 0) is 0 Å². The Balaban J connectivity index is 2.24. The number of fused-ring (bicyclic) bond motifs is 2. The fourth-order valence-corrected chi connectivity index (χ4v) is 1.96. The molecule has 0 fully saturated rings. The van der Waals surface area contributed by atoms with E-state index in [4.69, 9.17) is 0 Å². The highest BCUT2D eigenvalue weighted by Gasteiger charge is 2.23. The number of carbonyl (C=O) groups excluding carboxylic acids is 1. The number of nitrogens with zero attached hydrogens (tertiary/aromatic N) is 2. The first-order valence-electron chi connectivity index (χ1n) is 5.36. The summed E-state index contributed by atoms with van der Waals surface area (Å²) in [7, 11) is 1.76. The molecule has 2 aromatic rings. The maximum absolute atomic E-state index is 12.3. The summed E-state index contributed by atoms with van der Waals surface area (Å²) in [5, 5.41) is 3.19. The van der Waals surface area contributed by atoms with E-state index in [0.29, 0.717) is 11.4 Å². The number of rotatable bonds is 0. The van der Waals surface area contributed by atoms with Gasteiger partial charge in [0.25, 0.3) is 5.91 Å². The van der Waals surface area contributed by atoms with Crippen LogP contribution in [0.25, 0.3) is 0 Å². The van der Waals surface area contributed by atoms with E-state index in [0.717, 1.165) is 11.4 Å². The van der Waals surface area contributed by atoms with Crippen molar-refractivity contribution in [1.82, 2.24) is 4.98 Å². The number of benzene rings is 1. The molecule has 0 saturated carbocycles. The lowest BCUT2D eigenvalue weighted by atomic mass is 10.1. The summed E-state index contributed by atoms with van der Waals surface area (Å²) in [6, 6.07) is 11.1. The van der Waals surface area contributed by atoms with Gasteiger partial charge in [-0.2, -0.15) is 0 Å². The maximum atomic E-state index is 12.3. The first kappa shape index (κ1) is 9.84. The molecule has 4 nitrogen and oxygen atoms in total. The zero-order valence-electron chi connectivity index (χ0n) is 9.34. The lowest BCUT2D eigenvalue weighted by molar-refractivity contribution is 0.0994. The third-order valence-electron chi connectivity index (χ3n) is 2.86. The molecule has 0 unspecified atom stereocenters. The number of para-hydroxylation sites is 1. The minimum Gasteiger partial charge on any atom is -0.338 e. The van der Waals surface area contributed by atoms with Gasteiger partial charge in [-0.3, -0.25) is 4.79 Å². The molecule has 1 aromatic heterocycles. The normalized spacial score (nSPS) is 13.5. The van der Waals surface area contributed by atoms with Gasteiger partial charge in [-0.1, -0.05) is 12.1 Å². The molecule has 2 heterocycles. The quantitative estimate of drug-likeness (QED) is 0.748. The first-order chi connectivity index (χ1) is 8.27. The van der Waals surface area contributed by atoms with Gasteiger partial charge in [0.05, 0.1) is 16.9 Å². The van der Waals surface area contributed by atoms with E-state index in [1.807, 2.05) is 36.4 Å². The van der Waals surface area contributed by atoms with Crippen molar-refractivity contribution in [3.05, 3.63) is 48.2 Å². The Morgan fingerprint density at radius 3 is 2.88 bits per heavy atom. The lowest BCUT2D eigenvalue weighted by Crippen LogP contribution is -2.25. The molecule has 1 aliphatic heterocycles. The first-order valence-corrected chi connectivity index (χ1v) is 5.36. The highest BCUT2D eigenvalue weighted by molar-refractivity contribution is 6.12. The van der Waals surface area contributed by atoms with Gasteiger partial charge >= 0.3 is 0 Å². The molecule has 0 saturated heterocycles. The zero-order chi connectivity index (χ0) is 11.8. The van der Waals surface area contributed by atoms with Crippen molar-refractivity contribution >= 4 is 23.1 Å². The van der Waals surface area contributed by atoms with Crippen molar-refractivity contribution in [2.75, 3.05) is 17.3 Å². The number of hydrogen-bond acceptors (Lipinski definition) is 3. The summed E-state index contributed by atoms with van der Waals surface area (Å²) < 4.78 is 0. The second-order valence-corrected chi connectivity index (χ2v) is 3.91. The Morgan fingerprint density at radius 1 is 1.18 bits per heavy atom. The molecule has 17 heavy (non-hydrogen) atoms. The third-order valence-corrected chi connectivity index (χ3v) is 2.86. The molecule has 0 bridgehead atoms. The SMILES string of the molecule is CN1C(=O)c2ccccc2Nc2ncccc21. The number of carbonyl (C=O) groups is 1. The predicted octanol–water partition coefficient (Wildman–Crippen LogP) is 2.42. The van der Waals surface area contributed by atoms with E-state index in [-0.39, 0.29) is 5.91 Å². The van der Waals surface area contributed by atoms with Crippen LogP contribution in [0.4, 0.5) is 17.2 Å². The highest BCUT2D eigenvalue weighted by atomic mass is 16.2. The van der Waals surface area contributed by atoms with E-state index in [1.54, 1.807) is 18.1 Å². The maximum Gasteiger partial charge on any atom is 0.260 e. The summed E-state index contributed by atoms with van der Waals surface area (Å²) in [6.45, 7) is 0. The van der Waals surface area contributed by atoms with Crippen molar-refractivity contribution in [3.63, 3.8) is 0 Å². The van der Waals surface area contributed by atoms with Gasteiger partial charge in [-0.05, 0) is 24.3 Å². The van der Waals surface area contributed by atoms with Crippen molar-refractivity contribution in [2.45, 2.75) is 0 Å². The number of pyridine rings is 1. The highest BCUT2D eigenvalue weighted by Crippen LogP contribution is 2.32. The number of anilines is 3. The second-order valence-electron chi connectivity index (χ2n) is 3.91. The monoisotopic (exact) mass is 225 g/mol. The van der Waals surface area contributed by atoms with Gasteiger partial charge in [0.15, 0.2) is 5.82 Å². The van der Waals surface area contributed by atoms with E-state index in [1.165, 1.54) is 0 Å². The molecule has 1 N–H and O–H groups in total. The molecule has 0 radical (unpaired) electrons. The molecule has 1 amide bonds. The van der Waals surface area contributed by atoms with E-state index < -0.39 is 0 Å². The van der Waals surface area contributed by atoms with Gasteiger partial charge in [0.2, 0.25) is 0 Å². The molecular weight excluding hydrogens is 214 g/mol. The van der Waals surface area contributed by atoms with Crippen LogP contribution in [0.3, 0.4) is 0 Å². The minimum atomic E-state index is -0.0279. The Bertz CT molecular complexity index is 595. The number of nitrogens with one attached hydrogen (secondary N) is 1. The Kier molecular flexibility index (Phi) is 2.08. The van der Waals surface area contributed by atoms with Crippen molar-refractivity contribution in [1.29, 1.82) is 0 Å². The smallest absolute Gasteiger partial charge is 0.260 e. The van der Waals surface area contributed by atoms with Gasteiger partial charge in [-0.15, -0.1) is 0 Å². The number of aromatic nitrogens is 1. The topological polar surface area (TPSA) is 45.2 Å². The summed E-state index contributed by atoms with van der Waals surface area (Å²) in [5.41, 5.74) is 2.24. The van der Waals surface area contributed by atoms with Gasteiger partial charge in [0.1, 0.15) is 0 Å². The van der Waals surface area contributed by atoms with Gasteiger partial charge in [-0.25, -0.2) is 4.98 Å². The Labute approximate surface area is 98.9 Å². The van der Waals surface area contributed by atoms with Crippen LogP contribution in [0.1, 0.15) is 10.4 Å². The zero-order valence-corrected chi connectivity index (χ0v) is 9.34. The fraction of sp³-hybridized carbons (Fsp3) is 0.0769. The molecule has 84 valence electrons. The van der Waals surface area contributed by atoms with Crippen LogP contribution in [0, 0.1) is 0 Å². The summed E-state index contributed by atoms with van der Waals surface area (Å²) in [5.74, 6) is 0.674. The summed E-state index contributed by atoms with van der Waals surface area (Å²) in [4.78, 5) is 18.1. The van der Waals surface area contributed by atoms with Crippen LogP contribution in [0.5, 0.6) is 0 Å². The van der Waals surface area contributed by atoms with E-state index >= 15 is 0 Å².